The lowest BCUT2D eigenvalue weighted by Crippen LogP contribution is -2.20. The molecule has 0 aliphatic heterocycles. The molecule has 1 N–H and O–H groups in total. The number of halogens is 2. The van der Waals surface area contributed by atoms with Crippen LogP contribution in [0.1, 0.15) is 17.0 Å². The Kier molecular flexibility index (Phi) is 5.66. The molecule has 146 valence electrons. The van der Waals surface area contributed by atoms with Crippen LogP contribution in [0.2, 0.25) is 10.0 Å². The molecule has 3 aromatic rings. The van der Waals surface area contributed by atoms with Gasteiger partial charge in [0.05, 0.1) is 11.5 Å². The van der Waals surface area contributed by atoms with Crippen LogP contribution in [0.3, 0.4) is 0 Å². The summed E-state index contributed by atoms with van der Waals surface area (Å²) in [5, 5.41) is 22.8. The first-order chi connectivity index (χ1) is 13.3. The molecule has 0 saturated heterocycles. The number of hydrogen-bond acceptors (Lipinski definition) is 5. The van der Waals surface area contributed by atoms with Gasteiger partial charge in [-0.25, -0.2) is 0 Å². The van der Waals surface area contributed by atoms with E-state index in [1.807, 2.05) is 6.92 Å². The predicted octanol–water partition coefficient (Wildman–Crippen LogP) is 3.60. The number of carbonyl (C=O) groups excluding carboxylic acids is 1. The van der Waals surface area contributed by atoms with Crippen molar-refractivity contribution in [2.75, 3.05) is 5.32 Å². The zero-order chi connectivity index (χ0) is 20.4. The molecular formula is C17H16Cl2N6O3. The number of anilines is 1. The van der Waals surface area contributed by atoms with Crippen molar-refractivity contribution in [3.63, 3.8) is 0 Å². The Hall–Kier alpha value is -2.91. The van der Waals surface area contributed by atoms with Crippen molar-refractivity contribution in [1.82, 2.24) is 19.6 Å². The van der Waals surface area contributed by atoms with Crippen LogP contribution >= 0.6 is 23.2 Å². The maximum Gasteiger partial charge on any atom is 0.309 e. The van der Waals surface area contributed by atoms with E-state index < -0.39 is 10.8 Å². The molecule has 28 heavy (non-hydrogen) atoms. The fourth-order valence-corrected chi connectivity index (χ4v) is 3.18. The molecule has 11 heteroatoms. The topological polar surface area (TPSA) is 108 Å². The van der Waals surface area contributed by atoms with E-state index >= 15 is 0 Å². The number of nitro groups is 1. The maximum absolute atomic E-state index is 12.3. The van der Waals surface area contributed by atoms with Gasteiger partial charge in [-0.2, -0.15) is 10.2 Å². The highest BCUT2D eigenvalue weighted by Crippen LogP contribution is 2.26. The van der Waals surface area contributed by atoms with Crippen molar-refractivity contribution in [3.05, 3.63) is 67.6 Å². The molecule has 0 bridgehead atoms. The van der Waals surface area contributed by atoms with Gasteiger partial charge < -0.3 is 5.32 Å². The zero-order valence-corrected chi connectivity index (χ0v) is 16.5. The molecule has 0 saturated carbocycles. The van der Waals surface area contributed by atoms with Crippen LogP contribution < -0.4 is 5.32 Å². The molecule has 1 amide bonds. The van der Waals surface area contributed by atoms with Gasteiger partial charge in [-0.15, -0.1) is 0 Å². The van der Waals surface area contributed by atoms with Crippen LogP contribution in [0.25, 0.3) is 0 Å². The molecule has 0 fully saturated rings. The lowest BCUT2D eigenvalue weighted by atomic mass is 10.2. The minimum Gasteiger partial charge on any atom is -0.308 e. The molecule has 0 unspecified atom stereocenters. The second kappa shape index (κ2) is 7.99. The first-order valence-corrected chi connectivity index (χ1v) is 8.96. The third-order valence-electron chi connectivity index (χ3n) is 4.19. The highest BCUT2D eigenvalue weighted by atomic mass is 35.5. The fraction of sp³-hybridized carbons (Fsp3) is 0.235. The van der Waals surface area contributed by atoms with Crippen molar-refractivity contribution in [2.45, 2.75) is 26.9 Å². The smallest absolute Gasteiger partial charge is 0.308 e. The molecular weight excluding hydrogens is 407 g/mol. The normalized spacial score (nSPS) is 10.9. The number of rotatable bonds is 6. The minimum atomic E-state index is -0.540. The highest BCUT2D eigenvalue weighted by molar-refractivity contribution is 6.35. The molecule has 2 aromatic heterocycles. The van der Waals surface area contributed by atoms with Gasteiger partial charge >= 0.3 is 5.69 Å². The summed E-state index contributed by atoms with van der Waals surface area (Å²) in [7, 11) is 0. The SMILES string of the molecule is Cc1cc(NC(=O)Cn2ncc([N+](=O)[O-])c2C)nn1Cc1c(Cl)cccc1Cl. The number of nitrogens with one attached hydrogen (secondary N) is 1. The third-order valence-corrected chi connectivity index (χ3v) is 4.89. The van der Waals surface area contributed by atoms with E-state index in [0.717, 1.165) is 17.5 Å². The highest BCUT2D eigenvalue weighted by Gasteiger charge is 2.18. The van der Waals surface area contributed by atoms with Crippen LogP contribution in [-0.4, -0.2) is 30.4 Å². The summed E-state index contributed by atoms with van der Waals surface area (Å²) in [4.78, 5) is 22.6. The van der Waals surface area contributed by atoms with E-state index in [2.05, 4.69) is 15.5 Å². The third kappa shape index (κ3) is 4.15. The first-order valence-electron chi connectivity index (χ1n) is 8.20. The van der Waals surface area contributed by atoms with E-state index in [0.29, 0.717) is 28.1 Å². The summed E-state index contributed by atoms with van der Waals surface area (Å²) >= 11 is 12.4. The van der Waals surface area contributed by atoms with Crippen molar-refractivity contribution in [1.29, 1.82) is 0 Å². The standard InChI is InChI=1S/C17H16Cl2N6O3/c1-10-6-16(22-23(10)8-12-13(18)4-3-5-14(12)19)21-17(26)9-24-11(2)15(7-20-24)25(27)28/h3-7H,8-9H2,1-2H3,(H,21,22,26). The lowest BCUT2D eigenvalue weighted by molar-refractivity contribution is -0.385. The second-order valence-electron chi connectivity index (χ2n) is 6.11. The van der Waals surface area contributed by atoms with E-state index in [4.69, 9.17) is 23.2 Å². The number of carbonyl (C=O) groups is 1. The van der Waals surface area contributed by atoms with E-state index in [1.165, 1.54) is 11.6 Å². The Balaban J connectivity index is 1.71. The Morgan fingerprint density at radius 1 is 1.25 bits per heavy atom. The van der Waals surface area contributed by atoms with Gasteiger partial charge in [0.15, 0.2) is 5.82 Å². The molecule has 9 nitrogen and oxygen atoms in total. The van der Waals surface area contributed by atoms with Gasteiger partial charge in [0.1, 0.15) is 18.4 Å². The molecule has 0 radical (unpaired) electrons. The van der Waals surface area contributed by atoms with Crippen LogP contribution in [0.15, 0.2) is 30.5 Å². The van der Waals surface area contributed by atoms with Crippen molar-refractivity contribution >= 4 is 40.6 Å². The summed E-state index contributed by atoms with van der Waals surface area (Å²) in [6.45, 7) is 3.56. The van der Waals surface area contributed by atoms with Crippen LogP contribution in [0, 0.1) is 24.0 Å². The number of benzene rings is 1. The van der Waals surface area contributed by atoms with Crippen molar-refractivity contribution < 1.29 is 9.72 Å². The zero-order valence-electron chi connectivity index (χ0n) is 15.0. The van der Waals surface area contributed by atoms with Gasteiger partial charge in [0.25, 0.3) is 0 Å². The molecule has 0 atom stereocenters. The Morgan fingerprint density at radius 2 is 1.93 bits per heavy atom. The average Bonchev–Trinajstić information content (AvgIpc) is 3.14. The second-order valence-corrected chi connectivity index (χ2v) is 6.92. The quantitative estimate of drug-likeness (QED) is 0.482. The largest absolute Gasteiger partial charge is 0.309 e. The van der Waals surface area contributed by atoms with Crippen LogP contribution in [0.4, 0.5) is 11.5 Å². The summed E-state index contributed by atoms with van der Waals surface area (Å²) in [5.41, 5.74) is 1.70. The Morgan fingerprint density at radius 3 is 2.54 bits per heavy atom. The van der Waals surface area contributed by atoms with Crippen molar-refractivity contribution in [2.24, 2.45) is 0 Å². The van der Waals surface area contributed by atoms with E-state index in [9.17, 15) is 14.9 Å². The number of nitrogens with zero attached hydrogens (tertiary/aromatic N) is 5. The fourth-order valence-electron chi connectivity index (χ4n) is 2.66. The summed E-state index contributed by atoms with van der Waals surface area (Å²) in [6.07, 6.45) is 1.12. The molecule has 0 spiro atoms. The van der Waals surface area contributed by atoms with E-state index in [-0.39, 0.29) is 12.2 Å². The molecule has 0 aliphatic carbocycles. The predicted molar refractivity (Wildman–Crippen MR) is 105 cm³/mol. The molecule has 3 rings (SSSR count). The maximum atomic E-state index is 12.3. The minimum absolute atomic E-state index is 0.135. The van der Waals surface area contributed by atoms with Crippen LogP contribution in [0.5, 0.6) is 0 Å². The lowest BCUT2D eigenvalue weighted by Gasteiger charge is -2.08. The van der Waals surface area contributed by atoms with Gasteiger partial charge in [0, 0.05) is 27.4 Å². The number of aromatic nitrogens is 4. The summed E-state index contributed by atoms with van der Waals surface area (Å²) < 4.78 is 2.94. The van der Waals surface area contributed by atoms with E-state index in [1.54, 1.807) is 28.9 Å². The Bertz CT molecular complexity index is 1040. The molecule has 1 aromatic carbocycles. The van der Waals surface area contributed by atoms with Crippen LogP contribution in [-0.2, 0) is 17.9 Å². The van der Waals surface area contributed by atoms with Gasteiger partial charge in [-0.1, -0.05) is 29.3 Å². The summed E-state index contributed by atoms with van der Waals surface area (Å²) in [6, 6.07) is 6.96. The average molecular weight is 423 g/mol. The van der Waals surface area contributed by atoms with Gasteiger partial charge in [-0.3, -0.25) is 24.3 Å². The number of aryl methyl sites for hydroxylation is 1. The van der Waals surface area contributed by atoms with Crippen molar-refractivity contribution in [3.8, 4) is 0 Å². The first kappa shape index (κ1) is 19.8. The molecule has 0 aliphatic rings. The number of hydrogen-bond donors (Lipinski definition) is 1. The summed E-state index contributed by atoms with van der Waals surface area (Å²) in [5.74, 6) is -0.0495. The number of amides is 1. The van der Waals surface area contributed by atoms with Gasteiger partial charge in [0.2, 0.25) is 5.91 Å². The van der Waals surface area contributed by atoms with Gasteiger partial charge in [-0.05, 0) is 26.0 Å². The monoisotopic (exact) mass is 422 g/mol. The molecule has 2 heterocycles. The Labute approximate surface area is 170 Å².